The summed E-state index contributed by atoms with van der Waals surface area (Å²) in [6.45, 7) is 15.9. The number of morpholine rings is 1. The Morgan fingerprint density at radius 1 is 1.26 bits per heavy atom. The van der Waals surface area contributed by atoms with Crippen LogP contribution in [0.15, 0.2) is 51.4 Å². The molecule has 6 nitrogen and oxygen atoms in total. The molecular weight excluding hydrogens is 444 g/mol. The van der Waals surface area contributed by atoms with Crippen LogP contribution in [0.2, 0.25) is 0 Å². The summed E-state index contributed by atoms with van der Waals surface area (Å²) in [5.74, 6) is 1.39. The third-order valence-corrected chi connectivity index (χ3v) is 6.34. The van der Waals surface area contributed by atoms with E-state index >= 15 is 0 Å². The summed E-state index contributed by atoms with van der Waals surface area (Å²) in [4.78, 5) is 2.97. The molecule has 1 aromatic carbocycles. The van der Waals surface area contributed by atoms with E-state index < -0.39 is 0 Å². The Labute approximate surface area is 206 Å². The van der Waals surface area contributed by atoms with Crippen LogP contribution >= 0.6 is 11.9 Å². The largest absolute Gasteiger partial charge is 0.457 e. The van der Waals surface area contributed by atoms with Crippen molar-refractivity contribution in [1.82, 2.24) is 14.9 Å². The van der Waals surface area contributed by atoms with Crippen LogP contribution in [0, 0.1) is 11.3 Å². The zero-order valence-corrected chi connectivity index (χ0v) is 21.1. The zero-order chi connectivity index (χ0) is 24.3. The molecule has 7 heteroatoms. The average molecular weight is 479 g/mol. The molecule has 1 aliphatic rings. The van der Waals surface area contributed by atoms with E-state index in [0.29, 0.717) is 10.7 Å². The predicted molar refractivity (Wildman–Crippen MR) is 142 cm³/mol. The summed E-state index contributed by atoms with van der Waals surface area (Å²) in [5.41, 5.74) is 2.03. The lowest BCUT2D eigenvalue weighted by Gasteiger charge is -2.26. The van der Waals surface area contributed by atoms with Gasteiger partial charge in [-0.15, -0.1) is 0 Å². The lowest BCUT2D eigenvalue weighted by atomic mass is 10.1. The number of rotatable bonds is 10. The monoisotopic (exact) mass is 478 g/mol. The molecular formula is C27H34N4O2S. The lowest BCUT2D eigenvalue weighted by Crippen LogP contribution is -2.40. The molecule has 2 heterocycles. The number of hydrogen-bond acceptors (Lipinski definition) is 7. The smallest absolute Gasteiger partial charge is 0.134 e. The maximum absolute atomic E-state index is 9.35. The van der Waals surface area contributed by atoms with E-state index in [-0.39, 0.29) is 6.04 Å². The molecule has 0 amide bonds. The molecule has 0 aliphatic carbocycles. The van der Waals surface area contributed by atoms with Crippen molar-refractivity contribution in [2.45, 2.75) is 26.8 Å². The normalized spacial score (nSPS) is 16.1. The van der Waals surface area contributed by atoms with Crippen molar-refractivity contribution in [2.24, 2.45) is 0 Å². The van der Waals surface area contributed by atoms with Gasteiger partial charge in [-0.3, -0.25) is 9.62 Å². The van der Waals surface area contributed by atoms with Crippen molar-refractivity contribution >= 4 is 30.7 Å². The molecule has 1 aliphatic heterocycles. The molecule has 2 N–H and O–H groups in total. The quantitative estimate of drug-likeness (QED) is 0.400. The minimum Gasteiger partial charge on any atom is -0.457 e. The van der Waals surface area contributed by atoms with Crippen molar-refractivity contribution in [1.29, 1.82) is 5.26 Å². The van der Waals surface area contributed by atoms with Gasteiger partial charge in [-0.1, -0.05) is 24.8 Å². The predicted octanol–water partition coefficient (Wildman–Crippen LogP) is 3.47. The van der Waals surface area contributed by atoms with E-state index in [2.05, 4.69) is 45.8 Å². The standard InChI is InChI=1S/C27H34N4O2S/c1-5-24(29-10-11-31-12-14-32-15-13-31)17-22-6-7-23(16-21(22)4)27-9-8-25(33-27)18-26(19-28)34-30-20(2)3/h5-9,16-18,20,29-30H,4,10-15H2,1-3H3/b22-17-,24-5+,26-18+. The number of benzene rings is 1. The van der Waals surface area contributed by atoms with Crippen LogP contribution in [-0.4, -0.2) is 50.3 Å². The van der Waals surface area contributed by atoms with E-state index in [9.17, 15) is 5.26 Å². The number of allylic oxidation sites excluding steroid dienone is 3. The van der Waals surface area contributed by atoms with E-state index in [1.807, 2.05) is 45.0 Å². The number of nitrogens with zero attached hydrogens (tertiary/aromatic N) is 2. The number of nitriles is 1. The molecule has 0 saturated carbocycles. The molecule has 1 fully saturated rings. The maximum atomic E-state index is 9.35. The van der Waals surface area contributed by atoms with Gasteiger partial charge < -0.3 is 14.5 Å². The second-order valence-corrected chi connectivity index (χ2v) is 9.26. The number of hydrogen-bond donors (Lipinski definition) is 2. The van der Waals surface area contributed by atoms with Gasteiger partial charge in [0.2, 0.25) is 0 Å². The van der Waals surface area contributed by atoms with Crippen LogP contribution in [0.4, 0.5) is 0 Å². The molecule has 0 bridgehead atoms. The summed E-state index contributed by atoms with van der Waals surface area (Å²) in [6.07, 6.45) is 5.95. The van der Waals surface area contributed by atoms with Crippen LogP contribution in [0.25, 0.3) is 30.1 Å². The molecule has 34 heavy (non-hydrogen) atoms. The van der Waals surface area contributed by atoms with Crippen molar-refractivity contribution in [3.8, 4) is 17.4 Å². The van der Waals surface area contributed by atoms with Gasteiger partial charge >= 0.3 is 0 Å². The number of ether oxygens (including phenoxy) is 1. The molecule has 3 rings (SSSR count). The van der Waals surface area contributed by atoms with Crippen LogP contribution < -0.4 is 20.5 Å². The van der Waals surface area contributed by atoms with E-state index in [1.54, 1.807) is 6.08 Å². The first-order valence-electron chi connectivity index (χ1n) is 11.6. The second kappa shape index (κ2) is 13.2. The van der Waals surface area contributed by atoms with Crippen molar-refractivity contribution in [3.05, 3.63) is 63.2 Å². The first kappa shape index (κ1) is 25.9. The van der Waals surface area contributed by atoms with Crippen molar-refractivity contribution in [2.75, 3.05) is 39.4 Å². The van der Waals surface area contributed by atoms with Gasteiger partial charge in [0.1, 0.15) is 22.5 Å². The van der Waals surface area contributed by atoms with Gasteiger partial charge in [0, 0.05) is 49.6 Å². The Morgan fingerprint density at radius 2 is 2.06 bits per heavy atom. The fourth-order valence-electron chi connectivity index (χ4n) is 3.47. The number of furan rings is 1. The van der Waals surface area contributed by atoms with E-state index in [1.165, 1.54) is 11.9 Å². The van der Waals surface area contributed by atoms with Crippen molar-refractivity contribution < 1.29 is 9.15 Å². The summed E-state index contributed by atoms with van der Waals surface area (Å²) in [6, 6.07) is 12.4. The fraction of sp³-hybridized carbons (Fsp3) is 0.370. The zero-order valence-electron chi connectivity index (χ0n) is 20.3. The Kier molecular flexibility index (Phi) is 10.0. The van der Waals surface area contributed by atoms with Gasteiger partial charge in [0.05, 0.1) is 13.2 Å². The molecule has 0 unspecified atom stereocenters. The second-order valence-electron chi connectivity index (χ2n) is 8.38. The number of nitrogens with one attached hydrogen (secondary N) is 2. The van der Waals surface area contributed by atoms with Gasteiger partial charge in [-0.25, -0.2) is 0 Å². The molecule has 0 radical (unpaired) electrons. The molecule has 1 saturated heterocycles. The minimum atomic E-state index is 0.280. The topological polar surface area (TPSA) is 73.5 Å². The highest BCUT2D eigenvalue weighted by atomic mass is 32.2. The van der Waals surface area contributed by atoms with Crippen LogP contribution in [-0.2, 0) is 4.74 Å². The van der Waals surface area contributed by atoms with E-state index in [0.717, 1.165) is 66.9 Å². The van der Waals surface area contributed by atoms with Gasteiger partial charge in [0.15, 0.2) is 0 Å². The van der Waals surface area contributed by atoms with Crippen LogP contribution in [0.1, 0.15) is 26.5 Å². The molecule has 180 valence electrons. The molecule has 0 atom stereocenters. The van der Waals surface area contributed by atoms with Gasteiger partial charge in [0.25, 0.3) is 0 Å². The highest BCUT2D eigenvalue weighted by molar-refractivity contribution is 8.01. The van der Waals surface area contributed by atoms with Gasteiger partial charge in [-0.2, -0.15) is 5.26 Å². The summed E-state index contributed by atoms with van der Waals surface area (Å²) < 4.78 is 14.6. The Bertz CT molecular complexity index is 1150. The highest BCUT2D eigenvalue weighted by Gasteiger charge is 2.09. The highest BCUT2D eigenvalue weighted by Crippen LogP contribution is 2.23. The third kappa shape index (κ3) is 7.93. The summed E-state index contributed by atoms with van der Waals surface area (Å²) >= 11 is 1.31. The summed E-state index contributed by atoms with van der Waals surface area (Å²) in [7, 11) is 0. The first-order valence-corrected chi connectivity index (χ1v) is 12.5. The Hall–Kier alpha value is -2.76. The minimum absolute atomic E-state index is 0.280. The molecule has 0 spiro atoms. The molecule has 2 aromatic rings. The van der Waals surface area contributed by atoms with Crippen LogP contribution in [0.5, 0.6) is 0 Å². The third-order valence-electron chi connectivity index (χ3n) is 5.33. The lowest BCUT2D eigenvalue weighted by molar-refractivity contribution is 0.0387. The van der Waals surface area contributed by atoms with Gasteiger partial charge in [-0.05, 0) is 67.4 Å². The maximum Gasteiger partial charge on any atom is 0.134 e. The average Bonchev–Trinajstić information content (AvgIpc) is 3.31. The Balaban J connectivity index is 1.66. The summed E-state index contributed by atoms with van der Waals surface area (Å²) in [5, 5.41) is 14.9. The fourth-order valence-corrected chi connectivity index (χ4v) is 4.05. The molecule has 1 aromatic heterocycles. The SMILES string of the molecule is C=c1cc(-c2ccc(/C=C(\C#N)SNC(C)C)o2)cc/c1=C/C(=C\C)NCCN1CCOCC1. The Morgan fingerprint density at radius 3 is 2.74 bits per heavy atom. The first-order chi connectivity index (χ1) is 16.5. The van der Waals surface area contributed by atoms with Crippen LogP contribution in [0.3, 0.4) is 0 Å². The van der Waals surface area contributed by atoms with E-state index in [4.69, 9.17) is 9.15 Å². The van der Waals surface area contributed by atoms with Crippen molar-refractivity contribution in [3.63, 3.8) is 0 Å².